The van der Waals surface area contributed by atoms with Crippen LogP contribution in [-0.2, 0) is 11.2 Å². The van der Waals surface area contributed by atoms with Gasteiger partial charge in [0.1, 0.15) is 17.5 Å². The Morgan fingerprint density at radius 2 is 1.87 bits per heavy atom. The van der Waals surface area contributed by atoms with Crippen LogP contribution in [0.3, 0.4) is 0 Å². The van der Waals surface area contributed by atoms with Crippen molar-refractivity contribution in [2.24, 2.45) is 5.18 Å². The van der Waals surface area contributed by atoms with Crippen LogP contribution in [0.15, 0.2) is 78.0 Å². The quantitative estimate of drug-likeness (QED) is 0.534. The van der Waals surface area contributed by atoms with Gasteiger partial charge >= 0.3 is 0 Å². The molecular weight excluding hydrogens is 414 g/mol. The van der Waals surface area contributed by atoms with Crippen LogP contribution >= 0.6 is 11.6 Å². The van der Waals surface area contributed by atoms with E-state index >= 15 is 0 Å². The Bertz CT molecular complexity index is 1120. The highest BCUT2D eigenvalue weighted by Gasteiger charge is 2.73. The molecule has 4 atom stereocenters. The van der Waals surface area contributed by atoms with Gasteiger partial charge in [0.25, 0.3) is 0 Å². The van der Waals surface area contributed by atoms with Crippen molar-refractivity contribution >= 4 is 11.6 Å². The molecule has 0 radical (unpaired) electrons. The summed E-state index contributed by atoms with van der Waals surface area (Å²) in [6.45, 7) is 2.42. The molecule has 158 valence electrons. The highest BCUT2D eigenvalue weighted by atomic mass is 35.5. The van der Waals surface area contributed by atoms with E-state index in [9.17, 15) is 10.0 Å². The molecule has 3 aromatic carbocycles. The SMILES string of the molecule is CCOc1ccc2c(c1)O[C@@]1(c3ccc(Cl)cc3)[C@H](c3ccccc3)CC(N=O)[C@@]21O. The second kappa shape index (κ2) is 7.36. The molecule has 0 saturated heterocycles. The van der Waals surface area contributed by atoms with Gasteiger partial charge in [0.15, 0.2) is 11.2 Å². The van der Waals surface area contributed by atoms with E-state index in [1.54, 1.807) is 30.3 Å². The molecule has 5 nitrogen and oxygen atoms in total. The third kappa shape index (κ3) is 2.73. The number of ether oxygens (including phenoxy) is 2. The lowest BCUT2D eigenvalue weighted by atomic mass is 9.71. The summed E-state index contributed by atoms with van der Waals surface area (Å²) in [4.78, 5) is 12.0. The summed E-state index contributed by atoms with van der Waals surface area (Å²) in [5.74, 6) is 0.839. The lowest BCUT2D eigenvalue weighted by Gasteiger charge is -2.40. The van der Waals surface area contributed by atoms with Gasteiger partial charge in [-0.3, -0.25) is 0 Å². The Morgan fingerprint density at radius 1 is 1.13 bits per heavy atom. The Balaban J connectivity index is 1.78. The second-order valence-electron chi connectivity index (χ2n) is 8.02. The molecule has 1 aliphatic carbocycles. The monoisotopic (exact) mass is 435 g/mol. The molecule has 1 saturated carbocycles. The molecule has 2 aliphatic rings. The maximum atomic E-state index is 12.3. The number of rotatable bonds is 5. The Kier molecular flexibility index (Phi) is 4.76. The van der Waals surface area contributed by atoms with Crippen molar-refractivity contribution in [2.75, 3.05) is 6.61 Å². The maximum absolute atomic E-state index is 12.3. The van der Waals surface area contributed by atoms with Crippen molar-refractivity contribution in [3.05, 3.63) is 99.4 Å². The Morgan fingerprint density at radius 3 is 2.55 bits per heavy atom. The van der Waals surface area contributed by atoms with Gasteiger partial charge in [-0.2, -0.15) is 4.91 Å². The minimum absolute atomic E-state index is 0.300. The number of hydrogen-bond acceptors (Lipinski definition) is 5. The van der Waals surface area contributed by atoms with E-state index in [1.165, 1.54) is 0 Å². The summed E-state index contributed by atoms with van der Waals surface area (Å²) in [6.07, 6.45) is 0.360. The Hall–Kier alpha value is -2.89. The van der Waals surface area contributed by atoms with E-state index in [1.807, 2.05) is 49.4 Å². The summed E-state index contributed by atoms with van der Waals surface area (Å²) < 4.78 is 12.3. The van der Waals surface area contributed by atoms with E-state index in [0.29, 0.717) is 35.1 Å². The van der Waals surface area contributed by atoms with Gasteiger partial charge in [-0.1, -0.05) is 59.2 Å². The van der Waals surface area contributed by atoms with Crippen molar-refractivity contribution in [3.8, 4) is 11.5 Å². The summed E-state index contributed by atoms with van der Waals surface area (Å²) >= 11 is 6.16. The summed E-state index contributed by atoms with van der Waals surface area (Å²) in [5, 5.41) is 16.2. The highest BCUT2D eigenvalue weighted by Crippen LogP contribution is 2.67. The molecule has 5 rings (SSSR count). The van der Waals surface area contributed by atoms with E-state index < -0.39 is 17.2 Å². The smallest absolute Gasteiger partial charge is 0.176 e. The molecule has 1 fully saturated rings. The number of benzene rings is 3. The maximum Gasteiger partial charge on any atom is 0.176 e. The van der Waals surface area contributed by atoms with Crippen LogP contribution in [0.2, 0.25) is 5.02 Å². The van der Waals surface area contributed by atoms with Gasteiger partial charge in [0.05, 0.1) is 6.61 Å². The molecule has 1 N–H and O–H groups in total. The number of fused-ring (bicyclic) bond motifs is 3. The predicted octanol–water partition coefficient (Wildman–Crippen LogP) is 5.54. The van der Waals surface area contributed by atoms with Crippen LogP contribution in [0.1, 0.15) is 36.0 Å². The average molecular weight is 436 g/mol. The van der Waals surface area contributed by atoms with Gasteiger partial charge in [-0.15, -0.1) is 0 Å². The standard InChI is InChI=1S/C25H22ClNO4/c1-2-30-19-12-13-20-22(14-19)31-25(17-8-10-18(26)11-9-17)21(16-6-4-3-5-7-16)15-23(27-29)24(20,25)28/h3-14,21,23,28H,2,15H2,1H3/t21-,23?,24-,25-/m0/s1. The van der Waals surface area contributed by atoms with Crippen LogP contribution in [0.5, 0.6) is 11.5 Å². The highest BCUT2D eigenvalue weighted by molar-refractivity contribution is 6.30. The number of halogens is 1. The lowest BCUT2D eigenvalue weighted by molar-refractivity contribution is -0.112. The third-order valence-corrected chi connectivity index (χ3v) is 6.80. The fourth-order valence-corrected chi connectivity index (χ4v) is 5.41. The second-order valence-corrected chi connectivity index (χ2v) is 8.46. The van der Waals surface area contributed by atoms with Gasteiger partial charge in [0, 0.05) is 22.6 Å². The fourth-order valence-electron chi connectivity index (χ4n) is 5.29. The largest absolute Gasteiger partial charge is 0.494 e. The molecular formula is C25H22ClNO4. The molecule has 3 aromatic rings. The number of aliphatic hydroxyl groups is 1. The van der Waals surface area contributed by atoms with Crippen molar-refractivity contribution in [1.29, 1.82) is 0 Å². The van der Waals surface area contributed by atoms with Gasteiger partial charge in [-0.25, -0.2) is 0 Å². The van der Waals surface area contributed by atoms with Crippen LogP contribution in [0.4, 0.5) is 0 Å². The summed E-state index contributed by atoms with van der Waals surface area (Å²) in [6, 6.07) is 21.5. The van der Waals surface area contributed by atoms with E-state index in [0.717, 1.165) is 11.1 Å². The first-order valence-corrected chi connectivity index (χ1v) is 10.7. The van der Waals surface area contributed by atoms with Crippen LogP contribution in [-0.4, -0.2) is 17.8 Å². The lowest BCUT2D eigenvalue weighted by Crippen LogP contribution is -2.51. The minimum Gasteiger partial charge on any atom is -0.494 e. The molecule has 1 unspecified atom stereocenters. The molecule has 0 spiro atoms. The number of hydrogen-bond donors (Lipinski definition) is 1. The molecule has 1 heterocycles. The van der Waals surface area contributed by atoms with Crippen molar-refractivity contribution in [2.45, 2.75) is 36.5 Å². The normalized spacial score (nSPS) is 28.5. The average Bonchev–Trinajstić information content (AvgIpc) is 3.19. The summed E-state index contributed by atoms with van der Waals surface area (Å²) in [7, 11) is 0. The molecule has 0 bridgehead atoms. The molecule has 0 amide bonds. The number of nitroso groups, excluding NO2 is 1. The first-order chi connectivity index (χ1) is 15.0. The van der Waals surface area contributed by atoms with E-state index in [4.69, 9.17) is 21.1 Å². The van der Waals surface area contributed by atoms with Crippen LogP contribution in [0, 0.1) is 4.91 Å². The summed E-state index contributed by atoms with van der Waals surface area (Å²) in [5.41, 5.74) is -0.601. The third-order valence-electron chi connectivity index (χ3n) is 6.55. The minimum atomic E-state index is -1.64. The van der Waals surface area contributed by atoms with Gasteiger partial charge in [0.2, 0.25) is 0 Å². The molecule has 31 heavy (non-hydrogen) atoms. The van der Waals surface area contributed by atoms with Crippen molar-refractivity contribution in [3.63, 3.8) is 0 Å². The Labute approximate surface area is 185 Å². The van der Waals surface area contributed by atoms with Crippen LogP contribution < -0.4 is 9.47 Å². The van der Waals surface area contributed by atoms with Crippen molar-refractivity contribution in [1.82, 2.24) is 0 Å². The van der Waals surface area contributed by atoms with Crippen LogP contribution in [0.25, 0.3) is 0 Å². The zero-order chi connectivity index (χ0) is 21.6. The van der Waals surface area contributed by atoms with Gasteiger partial charge in [-0.05, 0) is 48.7 Å². The van der Waals surface area contributed by atoms with Gasteiger partial charge < -0.3 is 14.6 Å². The fraction of sp³-hybridized carbons (Fsp3) is 0.280. The molecule has 0 aromatic heterocycles. The van der Waals surface area contributed by atoms with E-state index in [2.05, 4.69) is 5.18 Å². The topological polar surface area (TPSA) is 68.1 Å². The first-order valence-electron chi connectivity index (χ1n) is 10.4. The first kappa shape index (κ1) is 20.0. The zero-order valence-electron chi connectivity index (χ0n) is 17.0. The molecule has 6 heteroatoms. The predicted molar refractivity (Wildman–Crippen MR) is 119 cm³/mol. The van der Waals surface area contributed by atoms with E-state index in [-0.39, 0.29) is 5.92 Å². The molecule has 1 aliphatic heterocycles. The van der Waals surface area contributed by atoms with Crippen molar-refractivity contribution < 1.29 is 14.6 Å². The zero-order valence-corrected chi connectivity index (χ0v) is 17.8. The number of nitrogens with zero attached hydrogens (tertiary/aromatic N) is 1.